The second-order valence-electron chi connectivity index (χ2n) is 4.06. The summed E-state index contributed by atoms with van der Waals surface area (Å²) in [6, 6.07) is 6.22. The van der Waals surface area contributed by atoms with Crippen LogP contribution in [-0.4, -0.2) is 16.1 Å². The summed E-state index contributed by atoms with van der Waals surface area (Å²) in [6.45, 7) is 2.07. The smallest absolute Gasteiger partial charge is 0.303 e. The zero-order chi connectivity index (χ0) is 11.5. The third-order valence-electron chi connectivity index (χ3n) is 2.86. The van der Waals surface area contributed by atoms with Crippen LogP contribution in [0.4, 0.5) is 0 Å². The highest BCUT2D eigenvalue weighted by Gasteiger charge is 2.05. The van der Waals surface area contributed by atoms with Gasteiger partial charge in [-0.25, -0.2) is 0 Å². The van der Waals surface area contributed by atoms with E-state index in [9.17, 15) is 4.79 Å². The van der Waals surface area contributed by atoms with Gasteiger partial charge in [-0.1, -0.05) is 12.1 Å². The SMILES string of the molecule is Cc1ccc(CCCC(=O)O)c2cc[nH]c12. The van der Waals surface area contributed by atoms with Crippen molar-refractivity contribution in [3.8, 4) is 0 Å². The topological polar surface area (TPSA) is 53.1 Å². The Balaban J connectivity index is 2.21. The molecule has 84 valence electrons. The lowest BCUT2D eigenvalue weighted by molar-refractivity contribution is -0.137. The first-order valence-electron chi connectivity index (χ1n) is 5.46. The number of hydrogen-bond donors (Lipinski definition) is 2. The fourth-order valence-electron chi connectivity index (χ4n) is 2.01. The molecule has 16 heavy (non-hydrogen) atoms. The quantitative estimate of drug-likeness (QED) is 0.827. The van der Waals surface area contributed by atoms with Gasteiger partial charge in [0.2, 0.25) is 0 Å². The molecule has 0 amide bonds. The molecule has 0 atom stereocenters. The zero-order valence-corrected chi connectivity index (χ0v) is 9.29. The average Bonchev–Trinajstić information content (AvgIpc) is 2.70. The molecule has 2 rings (SSSR count). The van der Waals surface area contributed by atoms with Gasteiger partial charge in [0.1, 0.15) is 0 Å². The number of aryl methyl sites for hydroxylation is 2. The second kappa shape index (κ2) is 4.39. The van der Waals surface area contributed by atoms with E-state index < -0.39 is 5.97 Å². The molecule has 0 aliphatic carbocycles. The molecule has 2 N–H and O–H groups in total. The van der Waals surface area contributed by atoms with E-state index in [-0.39, 0.29) is 6.42 Å². The Morgan fingerprint density at radius 1 is 1.38 bits per heavy atom. The summed E-state index contributed by atoms with van der Waals surface area (Å²) < 4.78 is 0. The van der Waals surface area contributed by atoms with Crippen molar-refractivity contribution >= 4 is 16.9 Å². The summed E-state index contributed by atoms with van der Waals surface area (Å²) in [6.07, 6.45) is 3.68. The molecule has 3 heteroatoms. The molecule has 1 aromatic heterocycles. The Hall–Kier alpha value is -1.77. The van der Waals surface area contributed by atoms with Crippen molar-refractivity contribution in [2.75, 3.05) is 0 Å². The minimum atomic E-state index is -0.725. The number of carboxylic acid groups (broad SMARTS) is 1. The lowest BCUT2D eigenvalue weighted by Gasteiger charge is -2.04. The van der Waals surface area contributed by atoms with Crippen LogP contribution in [0.1, 0.15) is 24.0 Å². The van der Waals surface area contributed by atoms with Gasteiger partial charge in [-0.05, 0) is 37.0 Å². The van der Waals surface area contributed by atoms with Crippen LogP contribution in [0.2, 0.25) is 0 Å². The highest BCUT2D eigenvalue weighted by atomic mass is 16.4. The largest absolute Gasteiger partial charge is 0.481 e. The van der Waals surface area contributed by atoms with Crippen LogP contribution >= 0.6 is 0 Å². The number of aromatic amines is 1. The van der Waals surface area contributed by atoms with Crippen LogP contribution in [0.3, 0.4) is 0 Å². The third kappa shape index (κ3) is 2.08. The van der Waals surface area contributed by atoms with Crippen molar-refractivity contribution in [3.05, 3.63) is 35.5 Å². The lowest BCUT2D eigenvalue weighted by Crippen LogP contribution is -1.96. The number of carbonyl (C=O) groups is 1. The van der Waals surface area contributed by atoms with Crippen molar-refractivity contribution in [1.29, 1.82) is 0 Å². The standard InChI is InChI=1S/C13H15NO2/c1-9-5-6-10(3-2-4-12(15)16)11-7-8-14-13(9)11/h5-8,14H,2-4H2,1H3,(H,15,16). The molecule has 0 radical (unpaired) electrons. The molecule has 0 unspecified atom stereocenters. The van der Waals surface area contributed by atoms with Gasteiger partial charge >= 0.3 is 5.97 Å². The fraction of sp³-hybridized carbons (Fsp3) is 0.308. The Kier molecular flexibility index (Phi) is 2.95. The van der Waals surface area contributed by atoms with Crippen LogP contribution in [0, 0.1) is 6.92 Å². The van der Waals surface area contributed by atoms with Gasteiger partial charge < -0.3 is 10.1 Å². The minimum Gasteiger partial charge on any atom is -0.481 e. The van der Waals surface area contributed by atoms with Gasteiger partial charge in [0, 0.05) is 23.5 Å². The maximum atomic E-state index is 10.5. The van der Waals surface area contributed by atoms with Crippen LogP contribution in [0.15, 0.2) is 24.4 Å². The molecule has 0 spiro atoms. The van der Waals surface area contributed by atoms with E-state index in [1.54, 1.807) is 0 Å². The van der Waals surface area contributed by atoms with E-state index in [0.717, 1.165) is 11.9 Å². The van der Waals surface area contributed by atoms with E-state index in [4.69, 9.17) is 5.11 Å². The van der Waals surface area contributed by atoms with Crippen LogP contribution in [0.5, 0.6) is 0 Å². The molecule has 0 aliphatic rings. The number of aromatic nitrogens is 1. The Bertz CT molecular complexity index is 514. The number of nitrogens with one attached hydrogen (secondary N) is 1. The van der Waals surface area contributed by atoms with Crippen molar-refractivity contribution < 1.29 is 9.90 Å². The van der Waals surface area contributed by atoms with Crippen LogP contribution in [-0.2, 0) is 11.2 Å². The molecule has 0 aliphatic heterocycles. The molecule has 1 heterocycles. The Morgan fingerprint density at radius 2 is 2.19 bits per heavy atom. The van der Waals surface area contributed by atoms with E-state index >= 15 is 0 Å². The second-order valence-corrected chi connectivity index (χ2v) is 4.06. The van der Waals surface area contributed by atoms with Gasteiger partial charge in [0.25, 0.3) is 0 Å². The van der Waals surface area contributed by atoms with E-state index in [1.165, 1.54) is 16.5 Å². The van der Waals surface area contributed by atoms with Crippen LogP contribution in [0.25, 0.3) is 10.9 Å². The number of carboxylic acids is 1. The maximum absolute atomic E-state index is 10.5. The third-order valence-corrected chi connectivity index (χ3v) is 2.86. The highest BCUT2D eigenvalue weighted by Crippen LogP contribution is 2.22. The lowest BCUT2D eigenvalue weighted by atomic mass is 10.0. The summed E-state index contributed by atoms with van der Waals surface area (Å²) in [4.78, 5) is 13.7. The Labute approximate surface area is 94.1 Å². The summed E-state index contributed by atoms with van der Waals surface area (Å²) in [7, 11) is 0. The summed E-state index contributed by atoms with van der Waals surface area (Å²) in [5, 5.41) is 9.82. The molecule has 0 saturated carbocycles. The molecular weight excluding hydrogens is 202 g/mol. The van der Waals surface area contributed by atoms with Crippen molar-refractivity contribution in [2.45, 2.75) is 26.2 Å². The molecule has 0 saturated heterocycles. The zero-order valence-electron chi connectivity index (χ0n) is 9.29. The van der Waals surface area contributed by atoms with Gasteiger partial charge in [-0.2, -0.15) is 0 Å². The van der Waals surface area contributed by atoms with Crippen molar-refractivity contribution in [1.82, 2.24) is 4.98 Å². The monoisotopic (exact) mass is 217 g/mol. The predicted molar refractivity (Wildman–Crippen MR) is 63.6 cm³/mol. The molecule has 2 aromatic rings. The first-order chi connectivity index (χ1) is 7.68. The number of rotatable bonds is 4. The highest BCUT2D eigenvalue weighted by molar-refractivity contribution is 5.85. The number of benzene rings is 1. The van der Waals surface area contributed by atoms with Crippen molar-refractivity contribution in [3.63, 3.8) is 0 Å². The summed E-state index contributed by atoms with van der Waals surface area (Å²) in [5.41, 5.74) is 3.61. The average molecular weight is 217 g/mol. The minimum absolute atomic E-state index is 0.236. The summed E-state index contributed by atoms with van der Waals surface area (Å²) in [5.74, 6) is -0.725. The van der Waals surface area contributed by atoms with E-state index in [0.29, 0.717) is 6.42 Å². The maximum Gasteiger partial charge on any atom is 0.303 e. The first-order valence-corrected chi connectivity index (χ1v) is 5.46. The molecule has 1 aromatic carbocycles. The summed E-state index contributed by atoms with van der Waals surface area (Å²) >= 11 is 0. The number of aliphatic carboxylic acids is 1. The number of hydrogen-bond acceptors (Lipinski definition) is 1. The fourth-order valence-corrected chi connectivity index (χ4v) is 2.01. The number of fused-ring (bicyclic) bond motifs is 1. The van der Waals surface area contributed by atoms with E-state index in [1.807, 2.05) is 6.20 Å². The van der Waals surface area contributed by atoms with Gasteiger partial charge in [0.15, 0.2) is 0 Å². The molecule has 0 bridgehead atoms. The normalized spacial score (nSPS) is 10.8. The van der Waals surface area contributed by atoms with Crippen LogP contribution < -0.4 is 0 Å². The Morgan fingerprint density at radius 3 is 2.94 bits per heavy atom. The molecular formula is C13H15NO2. The predicted octanol–water partition coefficient (Wildman–Crippen LogP) is 2.88. The molecule has 3 nitrogen and oxygen atoms in total. The van der Waals surface area contributed by atoms with Crippen molar-refractivity contribution in [2.24, 2.45) is 0 Å². The number of H-pyrrole nitrogens is 1. The molecule has 0 fully saturated rings. The van der Waals surface area contributed by atoms with Gasteiger partial charge in [-0.3, -0.25) is 4.79 Å². The van der Waals surface area contributed by atoms with E-state index in [2.05, 4.69) is 30.1 Å². The van der Waals surface area contributed by atoms with Gasteiger partial charge in [-0.15, -0.1) is 0 Å². The van der Waals surface area contributed by atoms with Gasteiger partial charge in [0.05, 0.1) is 0 Å². The first kappa shape index (κ1) is 10.7.